The first-order valence-corrected chi connectivity index (χ1v) is 12.2. The van der Waals surface area contributed by atoms with Crippen molar-refractivity contribution in [1.29, 1.82) is 10.5 Å². The molecule has 0 aromatic heterocycles. The van der Waals surface area contributed by atoms with Crippen LogP contribution in [0, 0.1) is 22.1 Å². The molecule has 0 spiro atoms. The van der Waals surface area contributed by atoms with E-state index < -0.39 is 25.1 Å². The first-order valence-electron chi connectivity index (χ1n) is 6.37. The molecule has 136 valence electrons. The van der Waals surface area contributed by atoms with Crippen molar-refractivity contribution in [2.45, 2.75) is 20.8 Å². The fraction of sp³-hybridized carbons (Fsp3) is 0.818. The molecule has 0 fully saturated rings. The molecule has 1 atom stereocenters. The largest absolute Gasteiger partial charge is 0.767 e. The van der Waals surface area contributed by atoms with E-state index in [1.165, 1.54) is 12.7 Å². The van der Waals surface area contributed by atoms with Crippen molar-refractivity contribution in [2.24, 2.45) is 0 Å². The van der Waals surface area contributed by atoms with Gasteiger partial charge in [0.2, 0.25) is 7.60 Å². The van der Waals surface area contributed by atoms with Gasteiger partial charge in [-0.05, 0) is 20.8 Å². The minimum absolute atomic E-state index is 0.0222. The average Bonchev–Trinajstić information content (AvgIpc) is 2.38. The van der Waals surface area contributed by atoms with E-state index in [0.29, 0.717) is 0 Å². The highest BCUT2D eigenvalue weighted by molar-refractivity contribution is 8.00. The molecule has 0 bridgehead atoms. The van der Waals surface area contributed by atoms with Crippen LogP contribution in [0.5, 0.6) is 0 Å². The first kappa shape index (κ1) is 27.3. The molecule has 0 N–H and O–H groups in total. The molecule has 0 aromatic carbocycles. The third-order valence-corrected chi connectivity index (χ3v) is 3.43. The van der Waals surface area contributed by atoms with Crippen molar-refractivity contribution in [1.82, 2.24) is 0 Å². The van der Waals surface area contributed by atoms with Crippen LogP contribution >= 0.6 is 15.2 Å². The molecule has 0 saturated heterocycles. The van der Waals surface area contributed by atoms with Crippen molar-refractivity contribution in [3.8, 4) is 11.6 Å². The van der Waals surface area contributed by atoms with E-state index in [0.717, 1.165) is 5.81 Å². The second kappa shape index (κ2) is 13.8. The zero-order valence-electron chi connectivity index (χ0n) is 14.2. The molecule has 0 saturated carbocycles. The lowest BCUT2D eigenvalue weighted by Crippen LogP contribution is -2.01. The van der Waals surface area contributed by atoms with E-state index in [1.54, 1.807) is 32.6 Å². The molecule has 0 aromatic rings. The van der Waals surface area contributed by atoms with Crippen LogP contribution in [0.1, 0.15) is 20.8 Å². The van der Waals surface area contributed by atoms with Gasteiger partial charge in [-0.1, -0.05) is 0 Å². The summed E-state index contributed by atoms with van der Waals surface area (Å²) < 4.78 is 44.4. The van der Waals surface area contributed by atoms with Crippen LogP contribution in [-0.4, -0.2) is 38.6 Å². The van der Waals surface area contributed by atoms with Crippen LogP contribution in [0.2, 0.25) is 0 Å². The van der Waals surface area contributed by atoms with Gasteiger partial charge in [0, 0.05) is 0 Å². The maximum absolute atomic E-state index is 11.0. The summed E-state index contributed by atoms with van der Waals surface area (Å²) >= 11 is 0. The molecular weight excluding hydrogens is 366 g/mol. The molecule has 9 nitrogen and oxygen atoms in total. The maximum atomic E-state index is 11.0. The lowest BCUT2D eigenvalue weighted by atomic mass is 10.9. The Morgan fingerprint density at radius 3 is 1.35 bits per heavy atom. The Bertz CT molecular complexity index is 517. The Kier molecular flexibility index (Phi) is 16.4. The molecule has 0 aliphatic rings. The Morgan fingerprint density at radius 2 is 1.22 bits per heavy atom. The van der Waals surface area contributed by atoms with Crippen molar-refractivity contribution >= 4 is 25.1 Å². The van der Waals surface area contributed by atoms with Gasteiger partial charge in [-0.25, -0.2) is 4.57 Å². The molecule has 0 amide bonds. The number of hydrogen-bond acceptors (Lipinski definition) is 9. The fourth-order valence-corrected chi connectivity index (χ4v) is 1.90. The topological polar surface area (TPSA) is 150 Å². The minimum Gasteiger partial charge on any atom is -0.767 e. The zero-order chi connectivity index (χ0) is 19.2. The van der Waals surface area contributed by atoms with Crippen LogP contribution < -0.4 is 4.89 Å². The minimum atomic E-state index is -4.12. The van der Waals surface area contributed by atoms with Gasteiger partial charge in [-0.15, -0.1) is 4.21 Å². The summed E-state index contributed by atoms with van der Waals surface area (Å²) in [4.78, 5) is 10.0. The standard InChI is InChI=1S/C5H10NO3P.C3H6NO3P.C3H9OS/c1-3-8-10(7,5-6)9-4-2;1-2-7-8(5,6)3-4;1-5(2,3)4/h3-4H2,1-2H3;2H2,1H3,(H,5,6);1-3H3/q;;+1/p-1. The highest BCUT2D eigenvalue weighted by Gasteiger charge is 2.21. The van der Waals surface area contributed by atoms with Crippen molar-refractivity contribution in [2.75, 3.05) is 38.6 Å². The number of nitriles is 2. The van der Waals surface area contributed by atoms with E-state index >= 15 is 0 Å². The smallest absolute Gasteiger partial charge is 0.431 e. The lowest BCUT2D eigenvalue weighted by Gasteiger charge is -2.11. The Labute approximate surface area is 139 Å². The van der Waals surface area contributed by atoms with Crippen molar-refractivity contribution in [3.63, 3.8) is 0 Å². The molecule has 1 unspecified atom stereocenters. The van der Waals surface area contributed by atoms with Crippen LogP contribution in [0.15, 0.2) is 0 Å². The first-order chi connectivity index (χ1) is 10.3. The van der Waals surface area contributed by atoms with Crippen LogP contribution in [0.4, 0.5) is 0 Å². The van der Waals surface area contributed by atoms with Gasteiger partial charge in [0.25, 0.3) is 0 Å². The monoisotopic (exact) mass is 390 g/mol. The van der Waals surface area contributed by atoms with E-state index in [1.807, 2.05) is 0 Å². The Morgan fingerprint density at radius 1 is 0.913 bits per heavy atom. The predicted octanol–water partition coefficient (Wildman–Crippen LogP) is 2.17. The SMILES string of the molecule is CCOP(=O)(C#N)OCC.CCOP(=O)([O-])C#N.C[S+](C)(C)=O. The second-order valence-corrected chi connectivity index (χ2v) is 10.8. The molecule has 0 radical (unpaired) electrons. The van der Waals surface area contributed by atoms with Gasteiger partial charge >= 0.3 is 7.60 Å². The number of nitrogens with zero attached hydrogens (tertiary/aromatic N) is 2. The normalized spacial score (nSPS) is 13.1. The van der Waals surface area contributed by atoms with Gasteiger partial charge in [0.05, 0.1) is 29.8 Å². The second-order valence-electron chi connectivity index (χ2n) is 4.17. The molecule has 0 rings (SSSR count). The van der Waals surface area contributed by atoms with E-state index in [4.69, 9.17) is 10.5 Å². The van der Waals surface area contributed by atoms with Crippen molar-refractivity contribution in [3.05, 3.63) is 0 Å². The Hall–Kier alpha value is -0.570. The fourth-order valence-electron chi connectivity index (χ4n) is 0.634. The van der Waals surface area contributed by atoms with Gasteiger partial charge in [-0.2, -0.15) is 10.5 Å². The summed E-state index contributed by atoms with van der Waals surface area (Å²) in [5.41, 5.74) is 0. The predicted molar refractivity (Wildman–Crippen MR) is 87.1 cm³/mol. The molecule has 23 heavy (non-hydrogen) atoms. The summed E-state index contributed by atoms with van der Waals surface area (Å²) in [5, 5.41) is 16.1. The highest BCUT2D eigenvalue weighted by atomic mass is 32.2. The van der Waals surface area contributed by atoms with E-state index in [-0.39, 0.29) is 19.8 Å². The van der Waals surface area contributed by atoms with E-state index in [2.05, 4.69) is 13.6 Å². The van der Waals surface area contributed by atoms with Crippen LogP contribution in [0.25, 0.3) is 0 Å². The van der Waals surface area contributed by atoms with Gasteiger partial charge in [-0.3, -0.25) is 13.6 Å². The summed E-state index contributed by atoms with van der Waals surface area (Å²) in [5.74, 6) is 2.51. The number of hydrogen-bond donors (Lipinski definition) is 0. The summed E-state index contributed by atoms with van der Waals surface area (Å²) in [6.45, 7) is 5.29. The molecule has 0 heterocycles. The van der Waals surface area contributed by atoms with Crippen molar-refractivity contribution < 1.29 is 31.8 Å². The highest BCUT2D eigenvalue weighted by Crippen LogP contribution is 2.46. The quantitative estimate of drug-likeness (QED) is 0.491. The van der Waals surface area contributed by atoms with Gasteiger partial charge in [0.1, 0.15) is 24.6 Å². The lowest BCUT2D eigenvalue weighted by molar-refractivity contribution is -0.193. The molecule has 12 heteroatoms. The third kappa shape index (κ3) is 26.6. The average molecular weight is 390 g/mol. The summed E-state index contributed by atoms with van der Waals surface area (Å²) in [6.07, 6.45) is 5.15. The third-order valence-electron chi connectivity index (χ3n) is 1.14. The summed E-state index contributed by atoms with van der Waals surface area (Å²) in [7, 11) is -8.93. The zero-order valence-corrected chi connectivity index (χ0v) is 16.8. The molecule has 0 aliphatic carbocycles. The summed E-state index contributed by atoms with van der Waals surface area (Å²) in [6, 6.07) is 0. The van der Waals surface area contributed by atoms with Crippen LogP contribution in [-0.2, 0) is 36.8 Å². The van der Waals surface area contributed by atoms with Gasteiger partial charge in [0.15, 0.2) is 5.81 Å². The van der Waals surface area contributed by atoms with E-state index in [9.17, 15) is 18.2 Å². The van der Waals surface area contributed by atoms with Crippen LogP contribution in [0.3, 0.4) is 0 Å². The van der Waals surface area contributed by atoms with Gasteiger partial charge < -0.3 is 9.42 Å². The maximum Gasteiger partial charge on any atom is 0.431 e. The molecular formula is C11H24N2O7P2S. The molecule has 0 aliphatic heterocycles. The number of rotatable bonds is 6. The Balaban J connectivity index is -0.000000276.